The van der Waals surface area contributed by atoms with E-state index in [2.05, 4.69) is 10.6 Å². The molecule has 0 fully saturated rings. The van der Waals surface area contributed by atoms with E-state index in [-0.39, 0.29) is 5.78 Å². The molecule has 0 aliphatic heterocycles. The highest BCUT2D eigenvalue weighted by molar-refractivity contribution is 6.30. The van der Waals surface area contributed by atoms with Crippen molar-refractivity contribution in [2.24, 2.45) is 0 Å². The Hall–Kier alpha value is -2.53. The topological polar surface area (TPSA) is 67.4 Å². The number of halogens is 1. The van der Waals surface area contributed by atoms with Crippen molar-refractivity contribution in [3.05, 3.63) is 59.1 Å². The third-order valence-corrected chi connectivity index (χ3v) is 3.26. The van der Waals surface area contributed by atoms with Crippen LogP contribution in [0.15, 0.2) is 48.5 Å². The van der Waals surface area contributed by atoms with Gasteiger partial charge < -0.3 is 15.4 Å². The van der Waals surface area contributed by atoms with E-state index in [1.165, 1.54) is 6.92 Å². The number of ketones is 1. The Morgan fingerprint density at radius 1 is 1.04 bits per heavy atom. The van der Waals surface area contributed by atoms with Crippen molar-refractivity contribution in [1.29, 1.82) is 0 Å². The number of carbonyl (C=O) groups excluding carboxylic acids is 2. The van der Waals surface area contributed by atoms with Gasteiger partial charge in [0.05, 0.1) is 0 Å². The zero-order chi connectivity index (χ0) is 16.8. The third-order valence-electron chi connectivity index (χ3n) is 3.01. The molecule has 6 heteroatoms. The van der Waals surface area contributed by atoms with E-state index in [4.69, 9.17) is 16.3 Å². The van der Waals surface area contributed by atoms with Gasteiger partial charge in [0.25, 0.3) is 0 Å². The Bertz CT molecular complexity index is 684. The minimum absolute atomic E-state index is 0.0222. The van der Waals surface area contributed by atoms with Gasteiger partial charge in [0.15, 0.2) is 12.0 Å². The Morgan fingerprint density at radius 3 is 2.22 bits per heavy atom. The van der Waals surface area contributed by atoms with Crippen molar-refractivity contribution in [2.75, 3.05) is 5.32 Å². The number of urea groups is 1. The summed E-state index contributed by atoms with van der Waals surface area (Å²) in [4.78, 5) is 23.1. The Morgan fingerprint density at radius 2 is 1.65 bits per heavy atom. The van der Waals surface area contributed by atoms with E-state index in [0.29, 0.717) is 22.0 Å². The first kappa shape index (κ1) is 16.8. The predicted molar refractivity (Wildman–Crippen MR) is 90.1 cm³/mol. The molecular weight excluding hydrogens is 316 g/mol. The first-order chi connectivity index (χ1) is 10.9. The van der Waals surface area contributed by atoms with Crippen molar-refractivity contribution >= 4 is 29.1 Å². The lowest BCUT2D eigenvalue weighted by Gasteiger charge is -2.16. The summed E-state index contributed by atoms with van der Waals surface area (Å²) in [6.45, 7) is 3.21. The summed E-state index contributed by atoms with van der Waals surface area (Å²) in [6, 6.07) is 13.1. The van der Waals surface area contributed by atoms with Crippen LogP contribution >= 0.6 is 11.6 Å². The zero-order valence-electron chi connectivity index (χ0n) is 12.8. The molecule has 1 atom stereocenters. The van der Waals surface area contributed by atoms with Crippen LogP contribution in [-0.4, -0.2) is 18.0 Å². The number of amides is 2. The van der Waals surface area contributed by atoms with Crippen LogP contribution in [-0.2, 0) is 0 Å². The molecule has 2 aromatic carbocycles. The van der Waals surface area contributed by atoms with Crippen molar-refractivity contribution in [1.82, 2.24) is 5.32 Å². The Kier molecular flexibility index (Phi) is 5.60. The summed E-state index contributed by atoms with van der Waals surface area (Å²) in [7, 11) is 0. The van der Waals surface area contributed by atoms with Gasteiger partial charge >= 0.3 is 6.03 Å². The van der Waals surface area contributed by atoms with Gasteiger partial charge in [-0.15, -0.1) is 0 Å². The molecule has 0 saturated heterocycles. The number of hydrogen-bond acceptors (Lipinski definition) is 3. The molecule has 2 amide bonds. The molecule has 0 saturated carbocycles. The lowest BCUT2D eigenvalue weighted by atomic mass is 10.1. The van der Waals surface area contributed by atoms with Crippen molar-refractivity contribution in [2.45, 2.75) is 20.1 Å². The summed E-state index contributed by atoms with van der Waals surface area (Å²) in [5, 5.41) is 5.94. The molecule has 23 heavy (non-hydrogen) atoms. The number of Topliss-reactive ketones (excluding diaryl/α,β-unsaturated/α-hetero) is 1. The molecule has 0 aromatic heterocycles. The van der Waals surface area contributed by atoms with Crippen LogP contribution in [0.25, 0.3) is 0 Å². The summed E-state index contributed by atoms with van der Waals surface area (Å²) in [6.07, 6.45) is -0.521. The number of rotatable bonds is 5. The number of ether oxygens (including phenoxy) is 1. The maximum absolute atomic E-state index is 11.9. The minimum atomic E-state index is -0.521. The average Bonchev–Trinajstić information content (AvgIpc) is 2.50. The molecule has 2 aromatic rings. The second-order valence-electron chi connectivity index (χ2n) is 4.95. The van der Waals surface area contributed by atoms with E-state index in [9.17, 15) is 9.59 Å². The van der Waals surface area contributed by atoms with Gasteiger partial charge in [-0.05, 0) is 62.4 Å². The molecule has 0 aliphatic carbocycles. The number of carbonyl (C=O) groups is 2. The van der Waals surface area contributed by atoms with Crippen molar-refractivity contribution < 1.29 is 14.3 Å². The van der Waals surface area contributed by atoms with Crippen LogP contribution in [0.3, 0.4) is 0 Å². The lowest BCUT2D eigenvalue weighted by molar-refractivity contribution is 0.101. The molecular formula is C17H17ClN2O3. The maximum atomic E-state index is 11.9. The first-order valence-corrected chi connectivity index (χ1v) is 7.42. The standard InChI is InChI=1S/C17H17ClN2O3/c1-11(21)13-3-7-15(8-4-13)20-17(22)19-12(2)23-16-9-5-14(18)6-10-16/h3-10,12H,1-2H3,(H2,19,20,22). The fourth-order valence-electron chi connectivity index (χ4n) is 1.89. The molecule has 2 N–H and O–H groups in total. The zero-order valence-corrected chi connectivity index (χ0v) is 13.6. The van der Waals surface area contributed by atoms with Gasteiger partial charge in [-0.25, -0.2) is 4.79 Å². The molecule has 5 nitrogen and oxygen atoms in total. The number of hydrogen-bond donors (Lipinski definition) is 2. The highest BCUT2D eigenvalue weighted by atomic mass is 35.5. The van der Waals surface area contributed by atoms with Crippen LogP contribution in [0.2, 0.25) is 5.02 Å². The lowest BCUT2D eigenvalue weighted by Crippen LogP contribution is -2.39. The van der Waals surface area contributed by atoms with Gasteiger partial charge in [0.1, 0.15) is 5.75 Å². The predicted octanol–water partition coefficient (Wildman–Crippen LogP) is 4.09. The monoisotopic (exact) mass is 332 g/mol. The fourth-order valence-corrected chi connectivity index (χ4v) is 2.01. The SMILES string of the molecule is CC(=O)c1ccc(NC(=O)NC(C)Oc2ccc(Cl)cc2)cc1. The summed E-state index contributed by atoms with van der Waals surface area (Å²) >= 11 is 5.80. The second-order valence-corrected chi connectivity index (χ2v) is 5.38. The van der Waals surface area contributed by atoms with E-state index in [1.807, 2.05) is 0 Å². The fraction of sp³-hybridized carbons (Fsp3) is 0.176. The third kappa shape index (κ3) is 5.30. The van der Waals surface area contributed by atoms with Crippen molar-refractivity contribution in [3.63, 3.8) is 0 Å². The van der Waals surface area contributed by atoms with Gasteiger partial charge in [-0.3, -0.25) is 4.79 Å². The van der Waals surface area contributed by atoms with Crippen molar-refractivity contribution in [3.8, 4) is 5.75 Å². The largest absolute Gasteiger partial charge is 0.471 e. The molecule has 0 spiro atoms. The van der Waals surface area contributed by atoms with Crippen LogP contribution in [0, 0.1) is 0 Å². The maximum Gasteiger partial charge on any atom is 0.322 e. The van der Waals surface area contributed by atoms with Gasteiger partial charge in [0.2, 0.25) is 0 Å². The molecule has 0 heterocycles. The van der Waals surface area contributed by atoms with E-state index < -0.39 is 12.3 Å². The first-order valence-electron chi connectivity index (χ1n) is 7.05. The van der Waals surface area contributed by atoms with Gasteiger partial charge in [-0.2, -0.15) is 0 Å². The molecule has 0 aliphatic rings. The number of nitrogens with one attached hydrogen (secondary N) is 2. The minimum Gasteiger partial charge on any atom is -0.471 e. The normalized spacial score (nSPS) is 11.4. The summed E-state index contributed by atoms with van der Waals surface area (Å²) in [5.74, 6) is 0.582. The average molecular weight is 333 g/mol. The molecule has 0 bridgehead atoms. The molecule has 2 rings (SSSR count). The quantitative estimate of drug-likeness (QED) is 0.640. The van der Waals surface area contributed by atoms with Gasteiger partial charge in [0, 0.05) is 16.3 Å². The van der Waals surface area contributed by atoms with Crippen LogP contribution in [0.1, 0.15) is 24.2 Å². The Labute approximate surface area is 139 Å². The van der Waals surface area contributed by atoms with Crippen LogP contribution in [0.5, 0.6) is 5.75 Å². The summed E-state index contributed by atoms with van der Waals surface area (Å²) < 4.78 is 5.55. The Balaban J connectivity index is 1.86. The van der Waals surface area contributed by atoms with Crippen LogP contribution in [0.4, 0.5) is 10.5 Å². The highest BCUT2D eigenvalue weighted by Gasteiger charge is 2.09. The molecule has 0 radical (unpaired) electrons. The van der Waals surface area contributed by atoms with E-state index in [0.717, 1.165) is 0 Å². The smallest absolute Gasteiger partial charge is 0.322 e. The number of anilines is 1. The summed E-state index contributed by atoms with van der Waals surface area (Å²) in [5.41, 5.74) is 1.18. The van der Waals surface area contributed by atoms with E-state index >= 15 is 0 Å². The molecule has 1 unspecified atom stereocenters. The highest BCUT2D eigenvalue weighted by Crippen LogP contribution is 2.16. The second kappa shape index (κ2) is 7.65. The van der Waals surface area contributed by atoms with Crippen LogP contribution < -0.4 is 15.4 Å². The van der Waals surface area contributed by atoms with E-state index in [1.54, 1.807) is 55.5 Å². The van der Waals surface area contributed by atoms with Gasteiger partial charge in [-0.1, -0.05) is 11.6 Å². The number of benzene rings is 2. The molecule has 120 valence electrons.